The van der Waals surface area contributed by atoms with E-state index in [0.29, 0.717) is 0 Å². The van der Waals surface area contributed by atoms with Crippen LogP contribution in [-0.2, 0) is 4.79 Å². The quantitative estimate of drug-likeness (QED) is 0.613. The van der Waals surface area contributed by atoms with E-state index in [0.717, 1.165) is 0 Å². The first kappa shape index (κ1) is 10.2. The molecule has 3 N–H and O–H groups in total. The second-order valence-corrected chi connectivity index (χ2v) is 2.11. The molecule has 0 rings (SSSR count). The first-order chi connectivity index (χ1) is 4.88. The van der Waals surface area contributed by atoms with Crippen molar-refractivity contribution in [3.05, 3.63) is 0 Å². The molecule has 0 aliphatic rings. The molecular weight excluding hydrogens is 161 g/mol. The van der Waals surface area contributed by atoms with Crippen molar-refractivity contribution in [2.75, 3.05) is 6.54 Å². The molecule has 1 amide bonds. The van der Waals surface area contributed by atoms with Crippen LogP contribution in [0.25, 0.3) is 0 Å². The molecule has 0 saturated carbocycles. The van der Waals surface area contributed by atoms with Crippen LogP contribution in [-0.4, -0.2) is 24.7 Å². The molecule has 0 saturated heterocycles. The summed E-state index contributed by atoms with van der Waals surface area (Å²) in [5.74, 6) is -1.95. The normalized spacial score (nSPS) is 14.3. The SMILES string of the molecule is CC(CN)NC(=O)C(F)(F)F. The number of nitrogens with two attached hydrogens (primary N) is 1. The topological polar surface area (TPSA) is 55.1 Å². The van der Waals surface area contributed by atoms with Gasteiger partial charge in [0.1, 0.15) is 0 Å². The summed E-state index contributed by atoms with van der Waals surface area (Å²) in [7, 11) is 0. The third-order valence-corrected chi connectivity index (χ3v) is 0.989. The van der Waals surface area contributed by atoms with Gasteiger partial charge in [-0.05, 0) is 6.92 Å². The molecule has 0 fully saturated rings. The lowest BCUT2D eigenvalue weighted by molar-refractivity contribution is -0.174. The number of amides is 1. The van der Waals surface area contributed by atoms with Crippen molar-refractivity contribution in [1.29, 1.82) is 0 Å². The van der Waals surface area contributed by atoms with E-state index in [1.54, 1.807) is 5.32 Å². The molecule has 0 bridgehead atoms. The summed E-state index contributed by atoms with van der Waals surface area (Å²) >= 11 is 0. The molecule has 1 unspecified atom stereocenters. The summed E-state index contributed by atoms with van der Waals surface area (Å²) in [6.45, 7) is 1.38. The molecule has 0 aliphatic heterocycles. The Hall–Kier alpha value is -0.780. The Labute approximate surface area is 61.7 Å². The summed E-state index contributed by atoms with van der Waals surface area (Å²) in [5, 5.41) is 1.68. The van der Waals surface area contributed by atoms with E-state index in [4.69, 9.17) is 5.73 Å². The van der Waals surface area contributed by atoms with Crippen molar-refractivity contribution in [3.63, 3.8) is 0 Å². The summed E-state index contributed by atoms with van der Waals surface area (Å²) < 4.78 is 34.5. The van der Waals surface area contributed by atoms with Crippen LogP contribution >= 0.6 is 0 Å². The van der Waals surface area contributed by atoms with Crippen molar-refractivity contribution < 1.29 is 18.0 Å². The smallest absolute Gasteiger partial charge is 0.345 e. The Balaban J connectivity index is 3.88. The predicted octanol–water partition coefficient (Wildman–Crippen LogP) is 0.0121. The van der Waals surface area contributed by atoms with Crippen LogP contribution < -0.4 is 11.1 Å². The van der Waals surface area contributed by atoms with Gasteiger partial charge in [0.15, 0.2) is 0 Å². The predicted molar refractivity (Wildman–Crippen MR) is 32.7 cm³/mol. The van der Waals surface area contributed by atoms with Gasteiger partial charge in [-0.25, -0.2) is 0 Å². The molecule has 0 radical (unpaired) electrons. The number of halogens is 3. The van der Waals surface area contributed by atoms with Crippen LogP contribution in [0, 0.1) is 0 Å². The highest BCUT2D eigenvalue weighted by Crippen LogP contribution is 2.14. The minimum atomic E-state index is -4.82. The second-order valence-electron chi connectivity index (χ2n) is 2.11. The van der Waals surface area contributed by atoms with Gasteiger partial charge in [-0.3, -0.25) is 4.79 Å². The zero-order valence-corrected chi connectivity index (χ0v) is 5.90. The molecule has 0 aliphatic carbocycles. The Bertz CT molecular complexity index is 145. The Morgan fingerprint density at radius 3 is 2.36 bits per heavy atom. The standard InChI is InChI=1S/C5H9F3N2O/c1-3(2-9)10-4(11)5(6,7)8/h3H,2,9H2,1H3,(H,10,11). The lowest BCUT2D eigenvalue weighted by atomic mass is 10.3. The van der Waals surface area contributed by atoms with Crippen LogP contribution in [0.2, 0.25) is 0 Å². The van der Waals surface area contributed by atoms with Crippen molar-refractivity contribution in [2.24, 2.45) is 5.73 Å². The Kier molecular flexibility index (Phi) is 3.31. The van der Waals surface area contributed by atoms with E-state index in [1.807, 2.05) is 0 Å². The van der Waals surface area contributed by atoms with E-state index in [9.17, 15) is 18.0 Å². The third-order valence-electron chi connectivity index (χ3n) is 0.989. The van der Waals surface area contributed by atoms with E-state index in [1.165, 1.54) is 6.92 Å². The average molecular weight is 170 g/mol. The largest absolute Gasteiger partial charge is 0.471 e. The molecule has 11 heavy (non-hydrogen) atoms. The Morgan fingerprint density at radius 1 is 1.64 bits per heavy atom. The van der Waals surface area contributed by atoms with E-state index < -0.39 is 18.1 Å². The highest BCUT2D eigenvalue weighted by molar-refractivity contribution is 5.81. The highest BCUT2D eigenvalue weighted by atomic mass is 19.4. The van der Waals surface area contributed by atoms with Gasteiger partial charge in [-0.1, -0.05) is 0 Å². The zero-order valence-electron chi connectivity index (χ0n) is 5.90. The summed E-state index contributed by atoms with van der Waals surface area (Å²) in [5.41, 5.74) is 4.98. The molecule has 1 atom stereocenters. The Morgan fingerprint density at radius 2 is 2.09 bits per heavy atom. The molecule has 0 aromatic rings. The molecule has 0 spiro atoms. The van der Waals surface area contributed by atoms with Crippen LogP contribution in [0.15, 0.2) is 0 Å². The average Bonchev–Trinajstić information content (AvgIpc) is 1.85. The molecule has 0 heterocycles. The van der Waals surface area contributed by atoms with Crippen molar-refractivity contribution in [2.45, 2.75) is 19.1 Å². The maximum Gasteiger partial charge on any atom is 0.471 e. The summed E-state index contributed by atoms with van der Waals surface area (Å²) in [4.78, 5) is 10.1. The van der Waals surface area contributed by atoms with Crippen molar-refractivity contribution in [3.8, 4) is 0 Å². The molecule has 3 nitrogen and oxygen atoms in total. The van der Waals surface area contributed by atoms with Crippen molar-refractivity contribution >= 4 is 5.91 Å². The molecule has 0 aromatic heterocycles. The van der Waals surface area contributed by atoms with Gasteiger partial charge in [-0.2, -0.15) is 13.2 Å². The number of hydrogen-bond donors (Lipinski definition) is 2. The third kappa shape index (κ3) is 3.82. The number of nitrogens with one attached hydrogen (secondary N) is 1. The minimum absolute atomic E-state index is 0.0121. The number of carbonyl (C=O) groups excluding carboxylic acids is 1. The van der Waals surface area contributed by atoms with Gasteiger partial charge in [0.25, 0.3) is 0 Å². The zero-order chi connectivity index (χ0) is 9.07. The fraction of sp³-hybridized carbons (Fsp3) is 0.800. The van der Waals surface area contributed by atoms with E-state index in [-0.39, 0.29) is 6.54 Å². The molecular formula is C5H9F3N2O. The maximum absolute atomic E-state index is 11.5. The highest BCUT2D eigenvalue weighted by Gasteiger charge is 2.38. The lowest BCUT2D eigenvalue weighted by Crippen LogP contribution is -2.44. The van der Waals surface area contributed by atoms with Crippen molar-refractivity contribution in [1.82, 2.24) is 5.32 Å². The van der Waals surface area contributed by atoms with Gasteiger partial charge in [0.05, 0.1) is 0 Å². The van der Waals surface area contributed by atoms with Crippen LogP contribution in [0.1, 0.15) is 6.92 Å². The number of hydrogen-bond acceptors (Lipinski definition) is 2. The second kappa shape index (κ2) is 3.56. The van der Waals surface area contributed by atoms with E-state index in [2.05, 4.69) is 0 Å². The first-order valence-electron chi connectivity index (χ1n) is 2.95. The first-order valence-corrected chi connectivity index (χ1v) is 2.95. The van der Waals surface area contributed by atoms with Gasteiger partial charge in [0.2, 0.25) is 0 Å². The monoisotopic (exact) mass is 170 g/mol. The van der Waals surface area contributed by atoms with E-state index >= 15 is 0 Å². The summed E-state index contributed by atoms with van der Waals surface area (Å²) in [6.07, 6.45) is -4.82. The van der Waals surface area contributed by atoms with Crippen LogP contribution in [0.3, 0.4) is 0 Å². The molecule has 66 valence electrons. The minimum Gasteiger partial charge on any atom is -0.345 e. The fourth-order valence-corrected chi connectivity index (χ4v) is 0.365. The number of rotatable bonds is 2. The fourth-order valence-electron chi connectivity index (χ4n) is 0.365. The van der Waals surface area contributed by atoms with Gasteiger partial charge in [-0.15, -0.1) is 0 Å². The number of carbonyl (C=O) groups is 1. The number of alkyl halides is 3. The molecule has 0 aromatic carbocycles. The summed E-state index contributed by atoms with van der Waals surface area (Å²) in [6, 6.07) is -0.649. The van der Waals surface area contributed by atoms with Gasteiger partial charge < -0.3 is 11.1 Å². The lowest BCUT2D eigenvalue weighted by Gasteiger charge is -2.12. The maximum atomic E-state index is 11.5. The van der Waals surface area contributed by atoms with Crippen LogP contribution in [0.5, 0.6) is 0 Å². The van der Waals surface area contributed by atoms with Gasteiger partial charge >= 0.3 is 12.1 Å². The van der Waals surface area contributed by atoms with Crippen LogP contribution in [0.4, 0.5) is 13.2 Å². The van der Waals surface area contributed by atoms with Gasteiger partial charge in [0, 0.05) is 12.6 Å². The molecule has 6 heteroatoms.